The average molecular weight is 500 g/mol. The zero-order chi connectivity index (χ0) is 24.2. The predicted molar refractivity (Wildman–Crippen MR) is 121 cm³/mol. The van der Waals surface area contributed by atoms with E-state index in [-0.39, 0.29) is 37.0 Å². The number of ether oxygens (including phenoxy) is 1. The summed E-state index contributed by atoms with van der Waals surface area (Å²) in [5.41, 5.74) is 0.751. The van der Waals surface area contributed by atoms with Gasteiger partial charge in [0.1, 0.15) is 11.9 Å². The fourth-order valence-electron chi connectivity index (χ4n) is 3.44. The van der Waals surface area contributed by atoms with E-state index >= 15 is 0 Å². The Hall–Kier alpha value is -2.61. The summed E-state index contributed by atoms with van der Waals surface area (Å²) in [5.74, 6) is -0.970. The number of carbonyl (C=O) groups is 2. The van der Waals surface area contributed by atoms with Crippen LogP contribution in [0.2, 0.25) is 0 Å². The second kappa shape index (κ2) is 10.5. The van der Waals surface area contributed by atoms with Gasteiger partial charge in [0.05, 0.1) is 17.3 Å². The quantitative estimate of drug-likeness (QED) is 0.558. The molecule has 0 radical (unpaired) electrons. The molecule has 3 amide bonds. The third-order valence-corrected chi connectivity index (χ3v) is 8.59. The Bertz CT molecular complexity index is 1110. The first-order valence-corrected chi connectivity index (χ1v) is 12.4. The zero-order valence-corrected chi connectivity index (χ0v) is 20.1. The fourth-order valence-corrected chi connectivity index (χ4v) is 6.61. The van der Waals surface area contributed by atoms with Gasteiger partial charge in [-0.3, -0.25) is 4.79 Å². The Morgan fingerprint density at radius 1 is 1.24 bits per heavy atom. The maximum atomic E-state index is 13.4. The lowest BCUT2D eigenvalue weighted by Gasteiger charge is -2.39. The van der Waals surface area contributed by atoms with Gasteiger partial charge >= 0.3 is 6.03 Å². The number of nitrogens with zero attached hydrogens (tertiary/aromatic N) is 3. The molecule has 0 saturated carbocycles. The molecule has 180 valence electrons. The number of aromatic nitrogens is 1. The molecule has 0 aliphatic carbocycles. The zero-order valence-electron chi connectivity index (χ0n) is 18.5. The maximum Gasteiger partial charge on any atom is 0.321 e. The van der Waals surface area contributed by atoms with Crippen LogP contribution in [0.25, 0.3) is 0 Å². The predicted octanol–water partition coefficient (Wildman–Crippen LogP) is 1.57. The number of hydrogen-bond donors (Lipinski definition) is 2. The largest absolute Gasteiger partial charge is 0.383 e. The van der Waals surface area contributed by atoms with Crippen molar-refractivity contribution in [2.24, 2.45) is 0 Å². The normalized spacial score (nSPS) is 17.1. The second-order valence-electron chi connectivity index (χ2n) is 7.40. The van der Waals surface area contributed by atoms with E-state index in [1.165, 1.54) is 36.3 Å². The molecule has 1 fully saturated rings. The number of aryl methyl sites for hydroxylation is 2. The monoisotopic (exact) mass is 499 g/mol. The smallest absolute Gasteiger partial charge is 0.321 e. The molecule has 0 spiro atoms. The van der Waals surface area contributed by atoms with E-state index in [2.05, 4.69) is 15.6 Å². The van der Waals surface area contributed by atoms with Gasteiger partial charge in [-0.2, -0.15) is 4.31 Å². The molecule has 33 heavy (non-hydrogen) atoms. The molecule has 1 unspecified atom stereocenters. The van der Waals surface area contributed by atoms with Crippen LogP contribution in [0.1, 0.15) is 10.7 Å². The first-order valence-electron chi connectivity index (χ1n) is 10.2. The number of halogens is 1. The lowest BCUT2D eigenvalue weighted by molar-refractivity contribution is -0.126. The average Bonchev–Trinajstić information content (AvgIpc) is 3.13. The summed E-state index contributed by atoms with van der Waals surface area (Å²) in [5, 5.41) is 5.90. The van der Waals surface area contributed by atoms with E-state index in [1.54, 1.807) is 13.8 Å². The van der Waals surface area contributed by atoms with Crippen molar-refractivity contribution in [3.8, 4) is 0 Å². The number of hydrogen-bond acceptors (Lipinski definition) is 7. The van der Waals surface area contributed by atoms with Crippen LogP contribution in [0.5, 0.6) is 0 Å². The summed E-state index contributed by atoms with van der Waals surface area (Å²) >= 11 is 1.04. The van der Waals surface area contributed by atoms with Crippen molar-refractivity contribution < 1.29 is 27.1 Å². The van der Waals surface area contributed by atoms with Gasteiger partial charge in [0.25, 0.3) is 10.0 Å². The number of rotatable bonds is 7. The van der Waals surface area contributed by atoms with Gasteiger partial charge in [0.15, 0.2) is 4.21 Å². The van der Waals surface area contributed by atoms with Crippen LogP contribution >= 0.6 is 11.3 Å². The standard InChI is InChI=1S/C20H26FN5O5S2/c1-13-19(32-14(2)23-13)33(29,30)26-10-9-25(12-17(26)18(27)22-8-11-31-3)20(28)24-16-6-4-15(21)5-7-16/h4-7,17H,8-12H2,1-3H3,(H,22,27)(H,24,28). The minimum atomic E-state index is -4.01. The van der Waals surface area contributed by atoms with Crippen molar-refractivity contribution >= 4 is 39.0 Å². The topological polar surface area (TPSA) is 121 Å². The molecule has 1 aromatic carbocycles. The summed E-state index contributed by atoms with van der Waals surface area (Å²) in [6.45, 7) is 3.62. The molecule has 0 bridgehead atoms. The van der Waals surface area contributed by atoms with E-state index in [4.69, 9.17) is 4.74 Å². The van der Waals surface area contributed by atoms with E-state index < -0.39 is 33.8 Å². The number of methoxy groups -OCH3 is 1. The third-order valence-electron chi connectivity index (χ3n) is 5.03. The molecule has 1 saturated heterocycles. The molecule has 2 aromatic rings. The summed E-state index contributed by atoms with van der Waals surface area (Å²) in [6.07, 6.45) is 0. The van der Waals surface area contributed by atoms with E-state index in [1.807, 2.05) is 0 Å². The van der Waals surface area contributed by atoms with Crippen LogP contribution in [0, 0.1) is 19.7 Å². The number of anilines is 1. The van der Waals surface area contributed by atoms with E-state index in [0.717, 1.165) is 15.6 Å². The molecule has 3 rings (SSSR count). The van der Waals surface area contributed by atoms with Crippen molar-refractivity contribution in [2.45, 2.75) is 24.1 Å². The highest BCUT2D eigenvalue weighted by atomic mass is 32.2. The first kappa shape index (κ1) is 25.0. The van der Waals surface area contributed by atoms with Crippen LogP contribution in [-0.4, -0.2) is 80.5 Å². The van der Waals surface area contributed by atoms with Crippen LogP contribution in [0.4, 0.5) is 14.9 Å². The van der Waals surface area contributed by atoms with Crippen molar-refractivity contribution in [1.82, 2.24) is 19.5 Å². The molecule has 1 atom stereocenters. The van der Waals surface area contributed by atoms with Gasteiger partial charge < -0.3 is 20.3 Å². The maximum absolute atomic E-state index is 13.4. The van der Waals surface area contributed by atoms with Crippen molar-refractivity contribution in [3.05, 3.63) is 40.8 Å². The minimum absolute atomic E-state index is 0.0715. The number of urea groups is 1. The number of piperazine rings is 1. The lowest BCUT2D eigenvalue weighted by Crippen LogP contribution is -2.62. The minimum Gasteiger partial charge on any atom is -0.383 e. The Morgan fingerprint density at radius 2 is 1.94 bits per heavy atom. The van der Waals surface area contributed by atoms with Crippen LogP contribution in [0.15, 0.2) is 28.5 Å². The third kappa shape index (κ3) is 5.85. The van der Waals surface area contributed by atoms with Gasteiger partial charge in [-0.25, -0.2) is 22.6 Å². The summed E-state index contributed by atoms with van der Waals surface area (Å²) < 4.78 is 46.1. The van der Waals surface area contributed by atoms with Gasteiger partial charge in [0.2, 0.25) is 5.91 Å². The molecular formula is C20H26FN5O5S2. The molecule has 10 nitrogen and oxygen atoms in total. The molecular weight excluding hydrogens is 473 g/mol. The number of carbonyl (C=O) groups excluding carboxylic acids is 2. The number of nitrogens with one attached hydrogen (secondary N) is 2. The number of sulfonamides is 1. The van der Waals surface area contributed by atoms with Crippen molar-refractivity contribution in [3.63, 3.8) is 0 Å². The Balaban J connectivity index is 1.82. The lowest BCUT2D eigenvalue weighted by atomic mass is 10.2. The van der Waals surface area contributed by atoms with E-state index in [9.17, 15) is 22.4 Å². The highest BCUT2D eigenvalue weighted by Gasteiger charge is 2.42. The molecule has 1 aliphatic rings. The molecule has 2 heterocycles. The number of thiazole rings is 1. The summed E-state index contributed by atoms with van der Waals surface area (Å²) in [6, 6.07) is 3.60. The highest BCUT2D eigenvalue weighted by molar-refractivity contribution is 7.91. The number of amides is 3. The Labute approximate surface area is 195 Å². The second-order valence-corrected chi connectivity index (χ2v) is 10.7. The van der Waals surface area contributed by atoms with Gasteiger partial charge in [-0.15, -0.1) is 11.3 Å². The molecule has 1 aliphatic heterocycles. The van der Waals surface area contributed by atoms with Gasteiger partial charge in [-0.1, -0.05) is 0 Å². The molecule has 1 aromatic heterocycles. The van der Waals surface area contributed by atoms with Crippen LogP contribution in [0.3, 0.4) is 0 Å². The molecule has 13 heteroatoms. The highest BCUT2D eigenvalue weighted by Crippen LogP contribution is 2.29. The molecule has 2 N–H and O–H groups in total. The van der Waals surface area contributed by atoms with E-state index in [0.29, 0.717) is 16.4 Å². The Morgan fingerprint density at radius 3 is 2.55 bits per heavy atom. The Kier molecular flexibility index (Phi) is 8.00. The summed E-state index contributed by atoms with van der Waals surface area (Å²) in [7, 11) is -2.53. The van der Waals surface area contributed by atoms with Crippen LogP contribution < -0.4 is 10.6 Å². The van der Waals surface area contributed by atoms with Gasteiger partial charge in [-0.05, 0) is 38.1 Å². The fraction of sp³-hybridized carbons (Fsp3) is 0.450. The van der Waals surface area contributed by atoms with Crippen molar-refractivity contribution in [2.75, 3.05) is 45.2 Å². The summed E-state index contributed by atoms with van der Waals surface area (Å²) in [4.78, 5) is 31.2. The number of benzene rings is 1. The van der Waals surface area contributed by atoms with Gasteiger partial charge in [0, 0.05) is 39.0 Å². The van der Waals surface area contributed by atoms with Crippen LogP contribution in [-0.2, 0) is 19.6 Å². The van der Waals surface area contributed by atoms with Crippen molar-refractivity contribution in [1.29, 1.82) is 0 Å². The SMILES string of the molecule is COCCNC(=O)C1CN(C(=O)Nc2ccc(F)cc2)CCN1S(=O)(=O)c1sc(C)nc1C. The first-order chi connectivity index (χ1) is 15.6.